The summed E-state index contributed by atoms with van der Waals surface area (Å²) in [5, 5.41) is 0. The molecule has 0 bridgehead atoms. The lowest BCUT2D eigenvalue weighted by Crippen LogP contribution is -2.00. The Labute approximate surface area is 124 Å². The van der Waals surface area contributed by atoms with Crippen molar-refractivity contribution in [3.63, 3.8) is 0 Å². The van der Waals surface area contributed by atoms with Crippen LogP contribution in [0.15, 0.2) is 42.6 Å². The number of hydrogen-bond donors (Lipinski definition) is 0. The second-order valence-electron chi connectivity index (χ2n) is 4.32. The van der Waals surface area contributed by atoms with E-state index in [2.05, 4.69) is 16.8 Å². The normalized spacial score (nSPS) is 9.70. The van der Waals surface area contributed by atoms with Gasteiger partial charge >= 0.3 is 0 Å². The Hall–Kier alpha value is -1.98. The van der Waals surface area contributed by atoms with Crippen molar-refractivity contribution in [1.29, 1.82) is 0 Å². The van der Waals surface area contributed by atoms with Crippen molar-refractivity contribution in [2.24, 2.45) is 0 Å². The summed E-state index contributed by atoms with van der Waals surface area (Å²) in [7, 11) is 0. The molecular weight excluding hydrogens is 270 g/mol. The summed E-state index contributed by atoms with van der Waals surface area (Å²) < 4.78 is 5.72. The summed E-state index contributed by atoms with van der Waals surface area (Å²) in [5.41, 5.74) is 3.06. The molecule has 102 valence electrons. The lowest BCUT2D eigenvalue weighted by atomic mass is 10.2. The number of rotatable bonds is 4. The Morgan fingerprint density at radius 2 is 2.00 bits per heavy atom. The van der Waals surface area contributed by atoms with Crippen molar-refractivity contribution < 1.29 is 4.74 Å². The number of hydrogen-bond acceptors (Lipinski definition) is 2. The molecule has 0 aliphatic heterocycles. The van der Waals surface area contributed by atoms with E-state index in [0.29, 0.717) is 18.9 Å². The molecule has 0 fully saturated rings. The molecule has 0 saturated heterocycles. The van der Waals surface area contributed by atoms with Gasteiger partial charge in [0, 0.05) is 24.1 Å². The molecule has 2 nitrogen and oxygen atoms in total. The highest BCUT2D eigenvalue weighted by molar-refractivity contribution is 6.18. The van der Waals surface area contributed by atoms with E-state index < -0.39 is 0 Å². The van der Waals surface area contributed by atoms with Crippen LogP contribution in [0, 0.1) is 18.8 Å². The molecule has 0 aliphatic carbocycles. The van der Waals surface area contributed by atoms with Crippen LogP contribution in [-0.4, -0.2) is 10.9 Å². The molecule has 0 atom stereocenters. The lowest BCUT2D eigenvalue weighted by molar-refractivity contribution is 0.300. The van der Waals surface area contributed by atoms with Crippen molar-refractivity contribution >= 4 is 11.6 Å². The summed E-state index contributed by atoms with van der Waals surface area (Å²) >= 11 is 5.58. The molecule has 3 heteroatoms. The minimum absolute atomic E-state index is 0.476. The Bertz CT molecular complexity index is 611. The average molecular weight is 286 g/mol. The van der Waals surface area contributed by atoms with Crippen LogP contribution >= 0.6 is 11.6 Å². The van der Waals surface area contributed by atoms with Gasteiger partial charge in [0.15, 0.2) is 0 Å². The summed E-state index contributed by atoms with van der Waals surface area (Å²) in [6, 6.07) is 11.7. The first-order valence-electron chi connectivity index (χ1n) is 6.48. The van der Waals surface area contributed by atoms with Crippen LogP contribution in [0.1, 0.15) is 23.2 Å². The molecule has 0 unspecified atom stereocenters. The maximum absolute atomic E-state index is 5.72. The van der Waals surface area contributed by atoms with E-state index in [1.807, 2.05) is 43.3 Å². The van der Waals surface area contributed by atoms with Gasteiger partial charge < -0.3 is 4.74 Å². The maximum atomic E-state index is 5.72. The summed E-state index contributed by atoms with van der Waals surface area (Å²) in [6.45, 7) is 2.51. The van der Waals surface area contributed by atoms with Gasteiger partial charge in [-0.2, -0.15) is 0 Å². The fraction of sp³-hybridized carbons (Fsp3) is 0.235. The van der Waals surface area contributed by atoms with E-state index in [1.165, 1.54) is 0 Å². The van der Waals surface area contributed by atoms with Gasteiger partial charge in [0.1, 0.15) is 12.4 Å². The molecule has 1 heterocycles. The van der Waals surface area contributed by atoms with Gasteiger partial charge in [0.2, 0.25) is 0 Å². The van der Waals surface area contributed by atoms with Crippen molar-refractivity contribution in [3.05, 3.63) is 59.4 Å². The number of pyridine rings is 1. The minimum atomic E-state index is 0.476. The van der Waals surface area contributed by atoms with Crippen LogP contribution in [0.25, 0.3) is 0 Å². The van der Waals surface area contributed by atoms with Crippen LogP contribution < -0.4 is 4.74 Å². The molecule has 1 aromatic heterocycles. The quantitative estimate of drug-likeness (QED) is 0.627. The molecule has 0 saturated carbocycles. The highest BCUT2D eigenvalue weighted by atomic mass is 35.5. The summed E-state index contributed by atoms with van der Waals surface area (Å²) in [5.74, 6) is 7.44. The number of alkyl halides is 1. The van der Waals surface area contributed by atoms with E-state index in [9.17, 15) is 0 Å². The molecule has 0 radical (unpaired) electrons. The zero-order valence-electron chi connectivity index (χ0n) is 11.4. The predicted octanol–water partition coefficient (Wildman–Crippen LogP) is 3.95. The van der Waals surface area contributed by atoms with E-state index in [-0.39, 0.29) is 0 Å². The first kappa shape index (κ1) is 14.4. The molecule has 1 aromatic carbocycles. The van der Waals surface area contributed by atoms with Gasteiger partial charge in [-0.05, 0) is 42.8 Å². The third-order valence-corrected chi connectivity index (χ3v) is 2.99. The van der Waals surface area contributed by atoms with Crippen LogP contribution in [0.4, 0.5) is 0 Å². The summed E-state index contributed by atoms with van der Waals surface area (Å²) in [4.78, 5) is 4.30. The molecular formula is C17H16ClNO. The molecule has 0 aliphatic rings. The highest BCUT2D eigenvalue weighted by Crippen LogP contribution is 2.14. The monoisotopic (exact) mass is 285 g/mol. The number of halogens is 1. The van der Waals surface area contributed by atoms with Crippen molar-refractivity contribution in [2.75, 3.05) is 5.88 Å². The third kappa shape index (κ3) is 4.29. The zero-order chi connectivity index (χ0) is 14.2. The van der Waals surface area contributed by atoms with E-state index >= 15 is 0 Å². The van der Waals surface area contributed by atoms with Crippen molar-refractivity contribution in [1.82, 2.24) is 4.98 Å². The second kappa shape index (κ2) is 7.57. The largest absolute Gasteiger partial charge is 0.487 e. The van der Waals surface area contributed by atoms with E-state index in [4.69, 9.17) is 16.3 Å². The molecule has 20 heavy (non-hydrogen) atoms. The molecule has 2 rings (SSSR count). The first-order valence-corrected chi connectivity index (χ1v) is 7.01. The fourth-order valence-corrected chi connectivity index (χ4v) is 1.76. The molecule has 2 aromatic rings. The van der Waals surface area contributed by atoms with Gasteiger partial charge in [0.05, 0.1) is 5.69 Å². The van der Waals surface area contributed by atoms with Gasteiger partial charge in [-0.1, -0.05) is 17.9 Å². The Kier molecular flexibility index (Phi) is 5.46. The number of benzene rings is 1. The van der Waals surface area contributed by atoms with Gasteiger partial charge in [-0.3, -0.25) is 4.98 Å². The van der Waals surface area contributed by atoms with Crippen molar-refractivity contribution in [2.45, 2.75) is 20.0 Å². The SMILES string of the molecule is Cc1cccnc1COc1ccc(C#CCCCl)cc1. The lowest BCUT2D eigenvalue weighted by Gasteiger charge is -2.07. The molecule has 0 spiro atoms. The molecule has 0 N–H and O–H groups in total. The molecule has 0 amide bonds. The van der Waals surface area contributed by atoms with Crippen LogP contribution in [0.2, 0.25) is 0 Å². The Balaban J connectivity index is 1.95. The number of ether oxygens (including phenoxy) is 1. The zero-order valence-corrected chi connectivity index (χ0v) is 12.2. The maximum Gasteiger partial charge on any atom is 0.130 e. The van der Waals surface area contributed by atoms with Gasteiger partial charge in [-0.25, -0.2) is 0 Å². The Morgan fingerprint density at radius 3 is 2.70 bits per heavy atom. The topological polar surface area (TPSA) is 22.1 Å². The third-order valence-electron chi connectivity index (χ3n) is 2.80. The number of aryl methyl sites for hydroxylation is 1. The fourth-order valence-electron chi connectivity index (χ4n) is 1.67. The Morgan fingerprint density at radius 1 is 1.20 bits per heavy atom. The number of nitrogens with zero attached hydrogens (tertiary/aromatic N) is 1. The van der Waals surface area contributed by atoms with E-state index in [1.54, 1.807) is 6.20 Å². The average Bonchev–Trinajstić information content (AvgIpc) is 2.48. The summed E-state index contributed by atoms with van der Waals surface area (Å²) in [6.07, 6.45) is 2.49. The predicted molar refractivity (Wildman–Crippen MR) is 82.0 cm³/mol. The standard InChI is InChI=1S/C17H16ClNO/c1-14-5-4-12-19-17(14)13-20-16-9-7-15(8-10-16)6-2-3-11-18/h4-5,7-10,12H,3,11,13H2,1H3. The minimum Gasteiger partial charge on any atom is -0.487 e. The van der Waals surface area contributed by atoms with Crippen LogP contribution in [0.3, 0.4) is 0 Å². The van der Waals surface area contributed by atoms with Gasteiger partial charge in [0.25, 0.3) is 0 Å². The van der Waals surface area contributed by atoms with Crippen molar-refractivity contribution in [3.8, 4) is 17.6 Å². The smallest absolute Gasteiger partial charge is 0.130 e. The van der Waals surface area contributed by atoms with Gasteiger partial charge in [-0.15, -0.1) is 11.6 Å². The second-order valence-corrected chi connectivity index (χ2v) is 4.70. The highest BCUT2D eigenvalue weighted by Gasteiger charge is 2.00. The first-order chi connectivity index (χ1) is 9.79. The van der Waals surface area contributed by atoms with E-state index in [0.717, 1.165) is 22.6 Å². The van der Waals surface area contributed by atoms with Crippen LogP contribution in [0.5, 0.6) is 5.75 Å². The number of aromatic nitrogens is 1. The van der Waals surface area contributed by atoms with Crippen LogP contribution in [-0.2, 0) is 6.61 Å².